The molecular weight excluding hydrogens is 1220 g/mol. The van der Waals surface area contributed by atoms with Crippen LogP contribution in [0.2, 0.25) is 0 Å². The molecule has 4 amide bonds. The largest absolute Gasteiger partial charge is 0.458 e. The van der Waals surface area contributed by atoms with Crippen molar-refractivity contribution in [1.29, 1.82) is 0 Å². The number of aliphatic hydroxyl groups excluding tert-OH is 2. The summed E-state index contributed by atoms with van der Waals surface area (Å²) in [6, 6.07) is 14.9. The van der Waals surface area contributed by atoms with Gasteiger partial charge in [-0.2, -0.15) is 0 Å². The van der Waals surface area contributed by atoms with Crippen LogP contribution in [0.15, 0.2) is 89.0 Å². The minimum Gasteiger partial charge on any atom is -0.458 e. The zero-order chi connectivity index (χ0) is 68.2. The van der Waals surface area contributed by atoms with Gasteiger partial charge in [0.05, 0.1) is 35.6 Å². The maximum Gasteiger partial charge on any atom is 0.331 e. The Morgan fingerprint density at radius 1 is 0.753 bits per heavy atom. The first-order valence-corrected chi connectivity index (χ1v) is 37.7. The number of carbonyl (C=O) groups is 6. The average molecular weight is 1330 g/mol. The highest BCUT2D eigenvalue weighted by Crippen LogP contribution is 2.71. The van der Waals surface area contributed by atoms with Crippen LogP contribution < -0.4 is 21.3 Å². The molecular formula is C80H111N5O12. The predicted molar refractivity (Wildman–Crippen MR) is 369 cm³/mol. The van der Waals surface area contributed by atoms with Crippen molar-refractivity contribution in [3.63, 3.8) is 0 Å². The summed E-state index contributed by atoms with van der Waals surface area (Å²) in [6.07, 6.45) is 22.0. The van der Waals surface area contributed by atoms with Gasteiger partial charge < -0.3 is 50.8 Å². The molecule has 2 aromatic rings. The smallest absolute Gasteiger partial charge is 0.331 e. The number of rotatable bonds is 23. The molecule has 0 bridgehead atoms. The number of amides is 4. The molecule has 1 spiro atoms. The van der Waals surface area contributed by atoms with Crippen molar-refractivity contribution in [3.8, 4) is 0 Å². The van der Waals surface area contributed by atoms with E-state index < -0.39 is 29.1 Å². The molecule has 97 heavy (non-hydrogen) atoms. The van der Waals surface area contributed by atoms with Crippen molar-refractivity contribution < 1.29 is 58.3 Å². The Kier molecular flexibility index (Phi) is 20.5. The van der Waals surface area contributed by atoms with E-state index in [2.05, 4.69) is 66.9 Å². The highest BCUT2D eigenvalue weighted by molar-refractivity contribution is 6.09. The van der Waals surface area contributed by atoms with Crippen LogP contribution in [0.25, 0.3) is 0 Å². The van der Waals surface area contributed by atoms with Gasteiger partial charge in [0.15, 0.2) is 5.78 Å². The summed E-state index contributed by atoms with van der Waals surface area (Å²) in [5.41, 5.74) is 4.94. The van der Waals surface area contributed by atoms with Crippen molar-refractivity contribution in [2.45, 2.75) is 237 Å². The van der Waals surface area contributed by atoms with Crippen LogP contribution in [0, 0.1) is 69.5 Å². The first kappa shape index (κ1) is 69.9. The fraction of sp³-hybridized carbons (Fsp3) is 0.700. The van der Waals surface area contributed by atoms with E-state index in [1.807, 2.05) is 25.1 Å². The van der Waals surface area contributed by atoms with Gasteiger partial charge in [-0.25, -0.2) is 4.79 Å². The lowest BCUT2D eigenvalue weighted by molar-refractivity contribution is -0.245. The number of ether oxygens (including phenoxy) is 3. The molecule has 8 aliphatic carbocycles. The molecule has 7 N–H and O–H groups in total. The third-order valence-corrected chi connectivity index (χ3v) is 28.0. The number of hydrogen-bond acceptors (Lipinski definition) is 13. The SMILES string of the molecule is CC1=C2C[C@H]3[C@@H](CC=C4C[C@@H](O)CC[C@@]43C)[C@@H]2CCC12O[C@@H]1C[C@H](C)CN(CCNC(=O)C(CCCCNC(=O)CCCCCNC(=O)CO[C@H]3CC[C@@]4(C)[C@H](CC[C@@H]5[C@@H]4C[C@@H](O)[C@]4(C)[C@@H](C6=CC(=O)OC6)CC[C@]54O)C3)NC(=O)c3ccc(C(=O)c4ccccc4)cc3)[C@H]1[C@H]2C. The van der Waals surface area contributed by atoms with Crippen molar-refractivity contribution in [2.24, 2.45) is 69.5 Å². The first-order chi connectivity index (χ1) is 46.5. The molecule has 2 unspecified atom stereocenters. The Hall–Kier alpha value is -5.56. The highest BCUT2D eigenvalue weighted by Gasteiger charge is 2.71. The average Bonchev–Trinajstić information content (AvgIpc) is 1.64. The molecule has 17 nitrogen and oxygen atoms in total. The maximum absolute atomic E-state index is 14.4. The Balaban J connectivity index is 0.545. The normalized spacial score (nSPS) is 38.2. The molecule has 6 saturated carbocycles. The van der Waals surface area contributed by atoms with Crippen LogP contribution in [0.1, 0.15) is 216 Å². The van der Waals surface area contributed by atoms with Gasteiger partial charge in [0, 0.05) is 79.3 Å². The standard InChI is InChI=1S/C80H111N5O12/c1-48-39-67-72(50(3)79(97-67)33-29-59-60-25-23-55-41-57(86)27-31-76(55,4)64(60)43-61(59)49(79)2)85(45-48)38-37-83-75(93)66(84-74(92)53-21-19-52(20-22-53)73(91)51-15-9-7-10-16-51)17-12-14-36-81-69(88)18-11-8-13-35-82-70(89)47-95-58-28-32-77(5)56(42-58)24-26-63-65(77)44-68(87)78(6)62(30-34-80(63,78)94)54-40-71(90)96-46-54/h7,9-10,15-16,19-23,40,48,50,56-60,62-68,72,86-87,94H,8,11-14,17-18,24-39,41-47H2,1-6H3,(H,81,88)(H,82,89)(H,83,93)(H,84,92)/t48-,50+,56+,57-,58-,59-,60-,62+,63+,64-,65-,66?,67+,68+,72-,76-,77-,78-,79?,80-/m0/s1. The zero-order valence-electron chi connectivity index (χ0n) is 58.7. The Bertz CT molecular complexity index is 3370. The van der Waals surface area contributed by atoms with Gasteiger partial charge in [-0.15, -0.1) is 0 Å². The predicted octanol–water partition coefficient (Wildman–Crippen LogP) is 10.4. The Morgan fingerprint density at radius 3 is 2.28 bits per heavy atom. The number of ketones is 1. The number of unbranched alkanes of at least 4 members (excludes halogenated alkanes) is 3. The number of esters is 1. The van der Waals surface area contributed by atoms with Gasteiger partial charge in [0.2, 0.25) is 17.7 Å². The van der Waals surface area contributed by atoms with E-state index in [0.29, 0.717) is 117 Å². The fourth-order valence-electron chi connectivity index (χ4n) is 22.6. The lowest BCUT2D eigenvalue weighted by Crippen LogP contribution is -2.67. The van der Waals surface area contributed by atoms with Crippen molar-refractivity contribution >= 4 is 35.4 Å². The molecule has 11 aliphatic rings. The summed E-state index contributed by atoms with van der Waals surface area (Å²) in [5.74, 6) is 1.77. The summed E-state index contributed by atoms with van der Waals surface area (Å²) in [4.78, 5) is 82.1. The number of carbonyl (C=O) groups excluding carboxylic acids is 6. The molecule has 8 fully saturated rings. The number of likely N-dealkylation sites (tertiary alicyclic amines) is 1. The van der Waals surface area contributed by atoms with E-state index in [9.17, 15) is 44.1 Å². The van der Waals surface area contributed by atoms with Gasteiger partial charge in [-0.05, 0) is 223 Å². The van der Waals surface area contributed by atoms with Gasteiger partial charge in [-0.1, -0.05) is 101 Å². The van der Waals surface area contributed by atoms with Gasteiger partial charge >= 0.3 is 5.97 Å². The number of benzene rings is 2. The van der Waals surface area contributed by atoms with Gasteiger partial charge in [-0.3, -0.25) is 28.9 Å². The number of fused-ring (bicyclic) bond motifs is 11. The topological polar surface area (TPSA) is 242 Å². The zero-order valence-corrected chi connectivity index (χ0v) is 58.7. The monoisotopic (exact) mass is 1330 g/mol. The molecule has 3 aliphatic heterocycles. The molecule has 0 aromatic heterocycles. The van der Waals surface area contributed by atoms with Crippen LogP contribution in [0.4, 0.5) is 0 Å². The summed E-state index contributed by atoms with van der Waals surface area (Å²) in [6.45, 7) is 17.2. The van der Waals surface area contributed by atoms with Crippen LogP contribution in [-0.2, 0) is 33.4 Å². The highest BCUT2D eigenvalue weighted by atomic mass is 16.5. The van der Waals surface area contributed by atoms with Crippen molar-refractivity contribution in [3.05, 3.63) is 106 Å². The second-order valence-corrected chi connectivity index (χ2v) is 32.9. The molecule has 20 atom stereocenters. The number of cyclic esters (lactones) is 1. The van der Waals surface area contributed by atoms with E-state index in [0.717, 1.165) is 115 Å². The van der Waals surface area contributed by atoms with Gasteiger partial charge in [0.25, 0.3) is 5.91 Å². The minimum atomic E-state index is -1.02. The summed E-state index contributed by atoms with van der Waals surface area (Å²) < 4.78 is 19.0. The molecule has 2 aromatic carbocycles. The maximum atomic E-state index is 14.4. The van der Waals surface area contributed by atoms with E-state index in [1.165, 1.54) is 11.1 Å². The molecule has 3 heterocycles. The quantitative estimate of drug-likeness (QED) is 0.0237. The second-order valence-electron chi connectivity index (χ2n) is 32.9. The fourth-order valence-corrected chi connectivity index (χ4v) is 22.6. The summed E-state index contributed by atoms with van der Waals surface area (Å²) in [5, 5.41) is 47.5. The van der Waals surface area contributed by atoms with E-state index in [4.69, 9.17) is 14.2 Å². The van der Waals surface area contributed by atoms with Crippen molar-refractivity contribution in [2.75, 3.05) is 45.9 Å². The number of aliphatic hydroxyl groups is 3. The molecule has 13 rings (SSSR count). The Labute approximate surface area is 575 Å². The Morgan fingerprint density at radius 2 is 1.51 bits per heavy atom. The third-order valence-electron chi connectivity index (χ3n) is 28.0. The van der Waals surface area contributed by atoms with Crippen LogP contribution >= 0.6 is 0 Å². The number of nitrogens with one attached hydrogen (secondary N) is 4. The van der Waals surface area contributed by atoms with Crippen LogP contribution in [0.3, 0.4) is 0 Å². The third kappa shape index (κ3) is 13.2. The number of hydrogen-bond donors (Lipinski definition) is 7. The number of piperidine rings is 1. The number of nitrogens with zero attached hydrogens (tertiary/aromatic N) is 1. The number of allylic oxidation sites excluding steroid dienone is 2. The molecule has 2 saturated heterocycles. The lowest BCUT2D eigenvalue weighted by atomic mass is 9.42. The lowest BCUT2D eigenvalue weighted by Gasteiger charge is -2.65. The van der Waals surface area contributed by atoms with E-state index in [-0.39, 0.29) is 107 Å². The van der Waals surface area contributed by atoms with E-state index in [1.54, 1.807) is 48.0 Å². The van der Waals surface area contributed by atoms with Crippen molar-refractivity contribution in [1.82, 2.24) is 26.2 Å². The van der Waals surface area contributed by atoms with Crippen LogP contribution in [0.5, 0.6) is 0 Å². The van der Waals surface area contributed by atoms with Crippen LogP contribution in [-0.4, -0.2) is 149 Å². The molecule has 0 radical (unpaired) electrons. The van der Waals surface area contributed by atoms with E-state index >= 15 is 0 Å². The molecule has 17 heteroatoms. The second kappa shape index (κ2) is 28.5. The minimum absolute atomic E-state index is 0.00387. The van der Waals surface area contributed by atoms with Gasteiger partial charge in [0.1, 0.15) is 19.3 Å². The molecule has 528 valence electrons. The summed E-state index contributed by atoms with van der Waals surface area (Å²) in [7, 11) is 0. The first-order valence-electron chi connectivity index (χ1n) is 37.7. The summed E-state index contributed by atoms with van der Waals surface area (Å²) >= 11 is 0.